The van der Waals surface area contributed by atoms with Crippen LogP contribution in [0.3, 0.4) is 0 Å². The molecule has 0 rings (SSSR count). The van der Waals surface area contributed by atoms with Crippen molar-refractivity contribution < 1.29 is 0 Å². The van der Waals surface area contributed by atoms with Crippen LogP contribution in [-0.2, 0) is 0 Å². The second kappa shape index (κ2) is 6.45. The van der Waals surface area contributed by atoms with Crippen molar-refractivity contribution in [1.82, 2.24) is 0 Å². The van der Waals surface area contributed by atoms with Crippen molar-refractivity contribution >= 4 is 0 Å². The van der Waals surface area contributed by atoms with Crippen molar-refractivity contribution in [3.8, 4) is 0 Å². The molecule has 0 aromatic carbocycles. The first kappa shape index (κ1) is 10.7. The van der Waals surface area contributed by atoms with E-state index < -0.39 is 0 Å². The first-order valence-electron chi connectivity index (χ1n) is 4.87. The van der Waals surface area contributed by atoms with Crippen molar-refractivity contribution in [3.63, 3.8) is 0 Å². The van der Waals surface area contributed by atoms with E-state index in [9.17, 15) is 0 Å². The molecule has 0 aromatic heterocycles. The van der Waals surface area contributed by atoms with Crippen LogP contribution in [0.5, 0.6) is 0 Å². The van der Waals surface area contributed by atoms with Gasteiger partial charge in [0, 0.05) is 0 Å². The fourth-order valence-electron chi connectivity index (χ4n) is 1.35. The van der Waals surface area contributed by atoms with E-state index in [0.29, 0.717) is 0 Å². The van der Waals surface area contributed by atoms with E-state index >= 15 is 0 Å². The van der Waals surface area contributed by atoms with Gasteiger partial charge < -0.3 is 0 Å². The van der Waals surface area contributed by atoms with Gasteiger partial charge in [-0.15, -0.1) is 0 Å². The zero-order valence-corrected chi connectivity index (χ0v) is 8.48. The standard InChI is InChI=1S/C11H22/c1-5-7-8-9-11(6-2)10(3)4/h6,10H,5,7-9H2,1-4H3/b11-6-. The maximum Gasteiger partial charge on any atom is -0.0260 e. The van der Waals surface area contributed by atoms with Crippen molar-refractivity contribution in [2.75, 3.05) is 0 Å². The molecule has 0 aliphatic heterocycles. The van der Waals surface area contributed by atoms with E-state index in [1.807, 2.05) is 0 Å². The van der Waals surface area contributed by atoms with Crippen LogP contribution in [0.15, 0.2) is 11.6 Å². The normalized spacial score (nSPS) is 12.6. The molecule has 66 valence electrons. The third-order valence-corrected chi connectivity index (χ3v) is 2.18. The summed E-state index contributed by atoms with van der Waals surface area (Å²) in [6.07, 6.45) is 7.66. The van der Waals surface area contributed by atoms with Crippen molar-refractivity contribution in [3.05, 3.63) is 11.6 Å². The minimum atomic E-state index is 0.747. The molecule has 11 heavy (non-hydrogen) atoms. The molecule has 0 heteroatoms. The topological polar surface area (TPSA) is 0 Å². The van der Waals surface area contributed by atoms with Crippen LogP contribution in [0.2, 0.25) is 0 Å². The molecule has 0 aliphatic rings. The fourth-order valence-corrected chi connectivity index (χ4v) is 1.35. The average molecular weight is 154 g/mol. The monoisotopic (exact) mass is 154 g/mol. The Labute approximate surface area is 71.7 Å². The largest absolute Gasteiger partial charge is 0.0882 e. The SMILES string of the molecule is C/C=C(/CCCCC)C(C)C. The van der Waals surface area contributed by atoms with Crippen LogP contribution >= 0.6 is 0 Å². The van der Waals surface area contributed by atoms with E-state index in [0.717, 1.165) is 5.92 Å². The van der Waals surface area contributed by atoms with E-state index in [2.05, 4.69) is 33.8 Å². The molecule has 0 unspecified atom stereocenters. The highest BCUT2D eigenvalue weighted by atomic mass is 14.1. The molecular formula is C11H22. The Morgan fingerprint density at radius 2 is 1.91 bits per heavy atom. The van der Waals surface area contributed by atoms with Crippen molar-refractivity contribution in [2.24, 2.45) is 5.92 Å². The Hall–Kier alpha value is -0.260. The molecule has 0 heterocycles. The van der Waals surface area contributed by atoms with Gasteiger partial charge in [0.2, 0.25) is 0 Å². The summed E-state index contributed by atoms with van der Waals surface area (Å²) in [7, 11) is 0. The predicted molar refractivity (Wildman–Crippen MR) is 52.7 cm³/mol. The number of hydrogen-bond donors (Lipinski definition) is 0. The Morgan fingerprint density at radius 3 is 2.27 bits per heavy atom. The molecule has 0 N–H and O–H groups in total. The van der Waals surface area contributed by atoms with Crippen LogP contribution < -0.4 is 0 Å². The van der Waals surface area contributed by atoms with E-state index in [4.69, 9.17) is 0 Å². The fraction of sp³-hybridized carbons (Fsp3) is 0.818. The Bertz CT molecular complexity index is 109. The van der Waals surface area contributed by atoms with Crippen LogP contribution in [0.4, 0.5) is 0 Å². The third kappa shape index (κ3) is 5.06. The van der Waals surface area contributed by atoms with Gasteiger partial charge in [-0.3, -0.25) is 0 Å². The lowest BCUT2D eigenvalue weighted by Gasteiger charge is -2.09. The summed E-state index contributed by atoms with van der Waals surface area (Å²) < 4.78 is 0. The minimum absolute atomic E-state index is 0.747. The summed E-state index contributed by atoms with van der Waals surface area (Å²) in [5, 5.41) is 0. The van der Waals surface area contributed by atoms with E-state index in [1.165, 1.54) is 25.7 Å². The van der Waals surface area contributed by atoms with Gasteiger partial charge in [-0.25, -0.2) is 0 Å². The van der Waals surface area contributed by atoms with Crippen LogP contribution in [-0.4, -0.2) is 0 Å². The van der Waals surface area contributed by atoms with Gasteiger partial charge in [0.25, 0.3) is 0 Å². The summed E-state index contributed by atoms with van der Waals surface area (Å²) >= 11 is 0. The summed E-state index contributed by atoms with van der Waals surface area (Å²) in [4.78, 5) is 0. The highest BCUT2D eigenvalue weighted by molar-refractivity contribution is 5.02. The second-order valence-corrected chi connectivity index (χ2v) is 3.48. The van der Waals surface area contributed by atoms with Gasteiger partial charge in [0.15, 0.2) is 0 Å². The highest BCUT2D eigenvalue weighted by Gasteiger charge is 2.00. The molecule has 0 spiro atoms. The molecule has 0 saturated carbocycles. The smallest absolute Gasteiger partial charge is 0.0260 e. The van der Waals surface area contributed by atoms with Crippen LogP contribution in [0.25, 0.3) is 0 Å². The molecular weight excluding hydrogens is 132 g/mol. The van der Waals surface area contributed by atoms with E-state index in [-0.39, 0.29) is 0 Å². The molecule has 0 radical (unpaired) electrons. The van der Waals surface area contributed by atoms with Crippen molar-refractivity contribution in [2.45, 2.75) is 53.4 Å². The molecule has 0 nitrogen and oxygen atoms in total. The van der Waals surface area contributed by atoms with Gasteiger partial charge in [-0.1, -0.05) is 45.3 Å². The van der Waals surface area contributed by atoms with Crippen LogP contribution in [0.1, 0.15) is 53.4 Å². The van der Waals surface area contributed by atoms with Gasteiger partial charge in [-0.2, -0.15) is 0 Å². The number of rotatable bonds is 5. The Balaban J connectivity index is 3.54. The van der Waals surface area contributed by atoms with Gasteiger partial charge in [0.1, 0.15) is 0 Å². The van der Waals surface area contributed by atoms with Crippen molar-refractivity contribution in [1.29, 1.82) is 0 Å². The molecule has 0 saturated heterocycles. The molecule has 0 aromatic rings. The summed E-state index contributed by atoms with van der Waals surface area (Å²) in [6, 6.07) is 0. The number of unbranched alkanes of at least 4 members (excludes halogenated alkanes) is 2. The maximum absolute atomic E-state index is 2.28. The summed E-state index contributed by atoms with van der Waals surface area (Å²) in [6.45, 7) is 8.97. The van der Waals surface area contributed by atoms with Gasteiger partial charge >= 0.3 is 0 Å². The number of allylic oxidation sites excluding steroid dienone is 2. The first-order chi connectivity index (χ1) is 5.22. The lowest BCUT2D eigenvalue weighted by atomic mass is 9.97. The summed E-state index contributed by atoms with van der Waals surface area (Å²) in [5.41, 5.74) is 1.62. The molecule has 0 atom stereocenters. The average Bonchev–Trinajstić information content (AvgIpc) is 1.97. The maximum atomic E-state index is 2.28. The zero-order chi connectivity index (χ0) is 8.69. The third-order valence-electron chi connectivity index (χ3n) is 2.18. The molecule has 0 bridgehead atoms. The zero-order valence-electron chi connectivity index (χ0n) is 8.48. The molecule has 0 fully saturated rings. The quantitative estimate of drug-likeness (QED) is 0.412. The first-order valence-corrected chi connectivity index (χ1v) is 4.87. The highest BCUT2D eigenvalue weighted by Crippen LogP contribution is 2.16. The van der Waals surface area contributed by atoms with E-state index in [1.54, 1.807) is 5.57 Å². The Kier molecular flexibility index (Phi) is 6.30. The minimum Gasteiger partial charge on any atom is -0.0882 e. The lowest BCUT2D eigenvalue weighted by Crippen LogP contribution is -1.93. The van der Waals surface area contributed by atoms with Crippen LogP contribution in [0, 0.1) is 5.92 Å². The number of hydrogen-bond acceptors (Lipinski definition) is 0. The van der Waals surface area contributed by atoms with Gasteiger partial charge in [0.05, 0.1) is 0 Å². The Morgan fingerprint density at radius 1 is 1.27 bits per heavy atom. The predicted octanol–water partition coefficient (Wildman–Crippen LogP) is 4.17. The van der Waals surface area contributed by atoms with Gasteiger partial charge in [-0.05, 0) is 25.7 Å². The lowest BCUT2D eigenvalue weighted by molar-refractivity contribution is 0.646. The summed E-state index contributed by atoms with van der Waals surface area (Å²) in [5.74, 6) is 0.747. The second-order valence-electron chi connectivity index (χ2n) is 3.48. The molecule has 0 amide bonds. The molecule has 0 aliphatic carbocycles.